The fourth-order valence-electron chi connectivity index (χ4n) is 1.06. The summed E-state index contributed by atoms with van der Waals surface area (Å²) in [5.74, 6) is -10.4. The van der Waals surface area contributed by atoms with E-state index in [1.54, 1.807) is 0 Å². The zero-order chi connectivity index (χ0) is 19.8. The average Bonchev–Trinajstić information content (AvgIpc) is 2.20. The summed E-state index contributed by atoms with van der Waals surface area (Å²) in [4.78, 5) is 0. The van der Waals surface area contributed by atoms with E-state index in [2.05, 4.69) is 4.74 Å². The fourth-order valence-corrected chi connectivity index (χ4v) is 1.65. The van der Waals surface area contributed by atoms with Crippen molar-refractivity contribution in [3.8, 4) is 0 Å². The van der Waals surface area contributed by atoms with Gasteiger partial charge in [-0.2, -0.15) is 43.5 Å². The van der Waals surface area contributed by atoms with Gasteiger partial charge < -0.3 is 4.74 Å². The first-order valence-corrected chi connectivity index (χ1v) is 7.83. The molecule has 16 heteroatoms. The van der Waals surface area contributed by atoms with E-state index in [0.717, 1.165) is 0 Å². The molecular weight excluding hydrogens is 509 g/mol. The van der Waals surface area contributed by atoms with Crippen molar-refractivity contribution < 1.29 is 61.6 Å². The second-order valence-corrected chi connectivity index (χ2v) is 7.35. The predicted octanol–water partition coefficient (Wildman–Crippen LogP) is 4.16. The molecule has 0 aromatic heterocycles. The minimum Gasteiger partial charge on any atom is -0.314 e. The lowest BCUT2D eigenvalue weighted by atomic mass is 10.2. The Balaban J connectivity index is 4.98. The van der Waals surface area contributed by atoms with Crippen molar-refractivity contribution in [2.45, 2.75) is 40.0 Å². The van der Waals surface area contributed by atoms with Crippen LogP contribution in [-0.4, -0.2) is 46.7 Å². The third kappa shape index (κ3) is 7.03. The largest absolute Gasteiger partial charge is 0.375 e. The molecule has 0 radical (unpaired) electrons. The standard InChI is InChI=1S/C8H7F10IO4S/c9-4(10,1-7(15,16)24(20,21)22)3-23-6(13,14)2-5(11,12)8(17,18)19/h1-3H2,(H,20,21,22). The van der Waals surface area contributed by atoms with E-state index in [1.807, 2.05) is 0 Å². The number of ether oxygens (including phenoxy) is 1. The minimum absolute atomic E-state index is 0.184. The summed E-state index contributed by atoms with van der Waals surface area (Å²) < 4.78 is 154. The van der Waals surface area contributed by atoms with E-state index in [4.69, 9.17) is 4.55 Å². The van der Waals surface area contributed by atoms with Crippen LogP contribution in [-0.2, 0) is 14.9 Å². The summed E-state index contributed by atoms with van der Waals surface area (Å²) in [6.07, 6.45) is -11.3. The molecule has 0 spiro atoms. The zero-order valence-corrected chi connectivity index (χ0v) is 13.8. The first-order valence-electron chi connectivity index (χ1n) is 5.31. The molecule has 0 aliphatic heterocycles. The minimum atomic E-state index is -6.31. The number of halogens is 11. The Kier molecular flexibility index (Phi) is 6.87. The molecule has 0 aliphatic rings. The summed E-state index contributed by atoms with van der Waals surface area (Å²) in [6.45, 7) is -2.70. The quantitative estimate of drug-likeness (QED) is 0.217. The maximum absolute atomic E-state index is 13.0. The van der Waals surface area contributed by atoms with Crippen molar-refractivity contribution in [2.75, 3.05) is 6.61 Å². The second-order valence-electron chi connectivity index (χ2n) is 4.45. The van der Waals surface area contributed by atoms with Crippen molar-refractivity contribution in [3.05, 3.63) is 0 Å². The van der Waals surface area contributed by atoms with Crippen molar-refractivity contribution >= 4 is 32.7 Å². The Morgan fingerprint density at radius 1 is 0.875 bits per heavy atom. The van der Waals surface area contributed by atoms with Crippen molar-refractivity contribution in [2.24, 2.45) is 0 Å². The van der Waals surface area contributed by atoms with Crippen LogP contribution in [0, 0.1) is 0 Å². The van der Waals surface area contributed by atoms with E-state index in [-0.39, 0.29) is 22.6 Å². The monoisotopic (exact) mass is 516 g/mol. The molecular formula is C8H7F10IO4S. The van der Waals surface area contributed by atoms with Crippen molar-refractivity contribution in [1.82, 2.24) is 0 Å². The summed E-state index contributed by atoms with van der Waals surface area (Å²) in [5, 5.41) is -5.45. The van der Waals surface area contributed by atoms with Crippen molar-refractivity contribution in [3.63, 3.8) is 0 Å². The van der Waals surface area contributed by atoms with E-state index < -0.39 is 56.7 Å². The third-order valence-electron chi connectivity index (χ3n) is 2.18. The van der Waals surface area contributed by atoms with Gasteiger partial charge in [0.05, 0.1) is 6.42 Å². The molecule has 4 nitrogen and oxygen atoms in total. The van der Waals surface area contributed by atoms with Gasteiger partial charge in [-0.25, -0.2) is 8.78 Å². The van der Waals surface area contributed by atoms with Gasteiger partial charge in [-0.1, -0.05) is 0 Å². The lowest BCUT2D eigenvalue weighted by molar-refractivity contribution is -0.306. The van der Waals surface area contributed by atoms with E-state index in [9.17, 15) is 52.3 Å². The van der Waals surface area contributed by atoms with Crippen LogP contribution in [0.4, 0.5) is 43.9 Å². The molecule has 0 atom stereocenters. The number of alkyl halides is 11. The van der Waals surface area contributed by atoms with Crippen LogP contribution in [0.3, 0.4) is 0 Å². The van der Waals surface area contributed by atoms with Crippen LogP contribution in [0.2, 0.25) is 0 Å². The Hall–Kier alpha value is -0.100. The lowest BCUT2D eigenvalue weighted by Gasteiger charge is -2.28. The van der Waals surface area contributed by atoms with Crippen LogP contribution in [0.1, 0.15) is 12.8 Å². The zero-order valence-electron chi connectivity index (χ0n) is 10.9. The molecule has 0 aromatic carbocycles. The van der Waals surface area contributed by atoms with Crippen LogP contribution >= 0.6 is 22.6 Å². The molecule has 0 aromatic rings. The normalized spacial score (nSPS) is 15.7. The molecule has 1 N–H and O–H groups in total. The first-order chi connectivity index (χ1) is 10.1. The van der Waals surface area contributed by atoms with Crippen LogP contribution in [0.25, 0.3) is 0 Å². The topological polar surface area (TPSA) is 63.6 Å². The average molecular weight is 516 g/mol. The van der Waals surface area contributed by atoms with Crippen LogP contribution < -0.4 is 0 Å². The van der Waals surface area contributed by atoms with Gasteiger partial charge in [-0.15, -0.1) is 0 Å². The second kappa shape index (κ2) is 6.90. The van der Waals surface area contributed by atoms with Gasteiger partial charge in [0.15, 0.2) is 0 Å². The Morgan fingerprint density at radius 2 is 1.29 bits per heavy atom. The molecule has 0 amide bonds. The number of hydrogen-bond acceptors (Lipinski definition) is 3. The highest BCUT2D eigenvalue weighted by molar-refractivity contribution is 14.1. The van der Waals surface area contributed by atoms with E-state index >= 15 is 0 Å². The fraction of sp³-hybridized carbons (Fsp3) is 1.00. The summed E-state index contributed by atoms with van der Waals surface area (Å²) in [6, 6.07) is 0. The lowest BCUT2D eigenvalue weighted by Crippen LogP contribution is -2.44. The highest BCUT2D eigenvalue weighted by atomic mass is 127. The summed E-state index contributed by atoms with van der Waals surface area (Å²) in [5.41, 5.74) is 0. The molecule has 0 unspecified atom stereocenters. The van der Waals surface area contributed by atoms with Gasteiger partial charge in [0.25, 0.3) is 5.92 Å². The molecule has 0 aliphatic carbocycles. The van der Waals surface area contributed by atoms with Gasteiger partial charge in [0, 0.05) is 22.6 Å². The van der Waals surface area contributed by atoms with Crippen LogP contribution in [0.5, 0.6) is 0 Å². The van der Waals surface area contributed by atoms with E-state index in [1.165, 1.54) is 0 Å². The molecule has 0 heterocycles. The molecule has 0 saturated carbocycles. The summed E-state index contributed by atoms with van der Waals surface area (Å²) in [7, 11) is -6.31. The van der Waals surface area contributed by atoms with Gasteiger partial charge in [0.1, 0.15) is 13.0 Å². The Morgan fingerprint density at radius 3 is 1.62 bits per heavy atom. The smallest absolute Gasteiger partial charge is 0.314 e. The Labute approximate surface area is 141 Å². The van der Waals surface area contributed by atoms with Crippen LogP contribution in [0.15, 0.2) is 0 Å². The number of rotatable bonds is 9. The first kappa shape index (κ1) is 23.9. The van der Waals surface area contributed by atoms with Gasteiger partial charge in [0.2, 0.25) is 0 Å². The Bertz CT molecular complexity index is 544. The van der Waals surface area contributed by atoms with Gasteiger partial charge >= 0.3 is 31.3 Å². The SMILES string of the molecule is O=S(=O)(O)C(F)(F)CC(F)(F)COC(F)(F)CC(F)(F)C(F)(F)I. The molecule has 0 rings (SSSR count). The van der Waals surface area contributed by atoms with Gasteiger partial charge in [-0.05, 0) is 0 Å². The highest BCUT2D eigenvalue weighted by Crippen LogP contribution is 2.46. The maximum atomic E-state index is 13.0. The van der Waals surface area contributed by atoms with Crippen molar-refractivity contribution in [1.29, 1.82) is 0 Å². The maximum Gasteiger partial charge on any atom is 0.375 e. The van der Waals surface area contributed by atoms with E-state index in [0.29, 0.717) is 0 Å². The summed E-state index contributed by atoms with van der Waals surface area (Å²) >= 11 is -0.184. The molecule has 24 heavy (non-hydrogen) atoms. The highest BCUT2D eigenvalue weighted by Gasteiger charge is 2.60. The molecule has 146 valence electrons. The molecule has 0 bridgehead atoms. The molecule has 0 saturated heterocycles. The third-order valence-corrected chi connectivity index (χ3v) is 3.87. The predicted molar refractivity (Wildman–Crippen MR) is 65.5 cm³/mol. The molecule has 0 fully saturated rings. The van der Waals surface area contributed by atoms with Gasteiger partial charge in [-0.3, -0.25) is 4.55 Å². The number of hydrogen-bond donors (Lipinski definition) is 1.